The lowest BCUT2D eigenvalue weighted by molar-refractivity contribution is 0.268. The standard InChI is InChI=1S/C16H19Br2N3/c1-3-13-15(18)14(21(2)20-13)8-16(9-19-10-16)11-6-4-5-7-12(11)17/h4-7,19H,3,8-10H2,1-2H3. The van der Waals surface area contributed by atoms with E-state index >= 15 is 0 Å². The second kappa shape index (κ2) is 5.86. The first-order valence-corrected chi connectivity index (χ1v) is 8.82. The molecule has 0 bridgehead atoms. The Morgan fingerprint density at radius 2 is 2.00 bits per heavy atom. The summed E-state index contributed by atoms with van der Waals surface area (Å²) in [5.41, 5.74) is 3.96. The van der Waals surface area contributed by atoms with Crippen LogP contribution in [0.25, 0.3) is 0 Å². The molecule has 2 aromatic rings. The number of nitrogens with zero attached hydrogens (tertiary/aromatic N) is 2. The van der Waals surface area contributed by atoms with Gasteiger partial charge in [0.05, 0.1) is 15.9 Å². The van der Waals surface area contributed by atoms with Gasteiger partial charge in [0.2, 0.25) is 0 Å². The first-order valence-electron chi connectivity index (χ1n) is 7.23. The van der Waals surface area contributed by atoms with Crippen LogP contribution in [0.3, 0.4) is 0 Å². The molecule has 0 spiro atoms. The number of aryl methyl sites for hydroxylation is 2. The predicted molar refractivity (Wildman–Crippen MR) is 92.7 cm³/mol. The van der Waals surface area contributed by atoms with Gasteiger partial charge >= 0.3 is 0 Å². The summed E-state index contributed by atoms with van der Waals surface area (Å²) in [7, 11) is 2.04. The van der Waals surface area contributed by atoms with E-state index < -0.39 is 0 Å². The maximum absolute atomic E-state index is 4.62. The zero-order valence-corrected chi connectivity index (χ0v) is 15.5. The molecule has 0 amide bonds. The Morgan fingerprint density at radius 1 is 1.29 bits per heavy atom. The number of benzene rings is 1. The van der Waals surface area contributed by atoms with Gasteiger partial charge < -0.3 is 5.32 Å². The highest BCUT2D eigenvalue weighted by atomic mass is 79.9. The van der Waals surface area contributed by atoms with Crippen LogP contribution >= 0.6 is 31.9 Å². The van der Waals surface area contributed by atoms with Crippen molar-refractivity contribution in [2.24, 2.45) is 7.05 Å². The zero-order chi connectivity index (χ0) is 15.0. The van der Waals surface area contributed by atoms with E-state index in [9.17, 15) is 0 Å². The summed E-state index contributed by atoms with van der Waals surface area (Å²) in [5, 5.41) is 8.07. The van der Waals surface area contributed by atoms with Gasteiger partial charge in [0.25, 0.3) is 0 Å². The van der Waals surface area contributed by atoms with Crippen molar-refractivity contribution in [3.05, 3.63) is 50.2 Å². The van der Waals surface area contributed by atoms with Crippen molar-refractivity contribution >= 4 is 31.9 Å². The summed E-state index contributed by atoms with van der Waals surface area (Å²) in [6.07, 6.45) is 1.95. The molecule has 0 saturated carbocycles. The first-order chi connectivity index (χ1) is 10.1. The third-order valence-corrected chi connectivity index (χ3v) is 5.99. The molecule has 2 heterocycles. The Labute approximate surface area is 142 Å². The summed E-state index contributed by atoms with van der Waals surface area (Å²) >= 11 is 7.46. The summed E-state index contributed by atoms with van der Waals surface area (Å²) in [6, 6.07) is 8.56. The average Bonchev–Trinajstić information content (AvgIpc) is 2.70. The maximum atomic E-state index is 4.62. The van der Waals surface area contributed by atoms with Crippen molar-refractivity contribution in [3.8, 4) is 0 Å². The van der Waals surface area contributed by atoms with Crippen molar-refractivity contribution in [2.75, 3.05) is 13.1 Å². The average molecular weight is 413 g/mol. The molecular formula is C16H19Br2N3. The predicted octanol–water partition coefficient (Wildman–Crippen LogP) is 3.59. The topological polar surface area (TPSA) is 29.9 Å². The molecule has 112 valence electrons. The van der Waals surface area contributed by atoms with Crippen LogP contribution < -0.4 is 5.32 Å². The number of halogens is 2. The van der Waals surface area contributed by atoms with Crippen LogP contribution in [0.1, 0.15) is 23.9 Å². The fraction of sp³-hybridized carbons (Fsp3) is 0.438. The first kappa shape index (κ1) is 15.3. The van der Waals surface area contributed by atoms with Crippen LogP contribution in [0.4, 0.5) is 0 Å². The Hall–Kier alpha value is -0.650. The van der Waals surface area contributed by atoms with E-state index in [-0.39, 0.29) is 5.41 Å². The Balaban J connectivity index is 1.99. The smallest absolute Gasteiger partial charge is 0.0766 e. The van der Waals surface area contributed by atoms with E-state index in [0.717, 1.165) is 31.6 Å². The fourth-order valence-electron chi connectivity index (χ4n) is 3.06. The number of rotatable bonds is 4. The van der Waals surface area contributed by atoms with Gasteiger partial charge in [-0.1, -0.05) is 41.1 Å². The fourth-order valence-corrected chi connectivity index (χ4v) is 4.52. The molecule has 0 atom stereocenters. The highest BCUT2D eigenvalue weighted by Gasteiger charge is 2.41. The molecule has 0 aliphatic carbocycles. The van der Waals surface area contributed by atoms with Gasteiger partial charge in [-0.25, -0.2) is 0 Å². The van der Waals surface area contributed by atoms with E-state index in [4.69, 9.17) is 0 Å². The Bertz CT molecular complexity index is 660. The molecule has 1 aromatic carbocycles. The minimum atomic E-state index is 0.154. The van der Waals surface area contributed by atoms with Gasteiger partial charge in [-0.2, -0.15) is 5.10 Å². The van der Waals surface area contributed by atoms with Gasteiger partial charge in [0.15, 0.2) is 0 Å². The molecule has 1 saturated heterocycles. The van der Waals surface area contributed by atoms with Crippen LogP contribution in [-0.4, -0.2) is 22.9 Å². The van der Waals surface area contributed by atoms with E-state index in [1.807, 2.05) is 11.7 Å². The minimum absolute atomic E-state index is 0.154. The van der Waals surface area contributed by atoms with E-state index in [1.54, 1.807) is 0 Å². The van der Waals surface area contributed by atoms with E-state index in [1.165, 1.54) is 20.2 Å². The monoisotopic (exact) mass is 411 g/mol. The van der Waals surface area contributed by atoms with Gasteiger partial charge in [0, 0.05) is 36.4 Å². The second-order valence-corrected chi connectivity index (χ2v) is 7.37. The summed E-state index contributed by atoms with van der Waals surface area (Å²) in [5.74, 6) is 0. The summed E-state index contributed by atoms with van der Waals surface area (Å²) in [4.78, 5) is 0. The third kappa shape index (κ3) is 2.60. The number of nitrogens with one attached hydrogen (secondary N) is 1. The third-order valence-electron chi connectivity index (χ3n) is 4.38. The Kier molecular flexibility index (Phi) is 4.26. The lowest BCUT2D eigenvalue weighted by Crippen LogP contribution is -2.58. The van der Waals surface area contributed by atoms with Gasteiger partial charge in [0.1, 0.15) is 0 Å². The lowest BCUT2D eigenvalue weighted by Gasteiger charge is -2.44. The number of aromatic nitrogens is 2. The lowest BCUT2D eigenvalue weighted by atomic mass is 9.72. The molecule has 0 radical (unpaired) electrons. The van der Waals surface area contributed by atoms with Crippen LogP contribution in [0.15, 0.2) is 33.2 Å². The molecule has 3 nitrogen and oxygen atoms in total. The van der Waals surface area contributed by atoms with Gasteiger partial charge in [-0.15, -0.1) is 0 Å². The molecule has 3 rings (SSSR count). The van der Waals surface area contributed by atoms with E-state index in [2.05, 4.69) is 73.5 Å². The van der Waals surface area contributed by atoms with Crippen molar-refractivity contribution in [1.82, 2.24) is 15.1 Å². The normalized spacial score (nSPS) is 16.8. The van der Waals surface area contributed by atoms with Crippen LogP contribution in [0.2, 0.25) is 0 Å². The zero-order valence-electron chi connectivity index (χ0n) is 12.3. The highest BCUT2D eigenvalue weighted by molar-refractivity contribution is 9.10. The summed E-state index contributed by atoms with van der Waals surface area (Å²) in [6.45, 7) is 4.16. The molecule has 21 heavy (non-hydrogen) atoms. The molecule has 1 fully saturated rings. The van der Waals surface area contributed by atoms with Crippen molar-refractivity contribution < 1.29 is 0 Å². The quantitative estimate of drug-likeness (QED) is 0.831. The van der Waals surface area contributed by atoms with Crippen molar-refractivity contribution in [1.29, 1.82) is 0 Å². The van der Waals surface area contributed by atoms with Crippen LogP contribution in [0, 0.1) is 0 Å². The second-order valence-electron chi connectivity index (χ2n) is 5.73. The van der Waals surface area contributed by atoms with Gasteiger partial charge in [-0.05, 0) is 34.0 Å². The largest absolute Gasteiger partial charge is 0.315 e. The van der Waals surface area contributed by atoms with Crippen LogP contribution in [0.5, 0.6) is 0 Å². The molecule has 5 heteroatoms. The SMILES string of the molecule is CCc1nn(C)c(CC2(c3ccccc3Br)CNC2)c1Br. The summed E-state index contributed by atoms with van der Waals surface area (Å²) < 4.78 is 4.39. The molecule has 1 aliphatic heterocycles. The molecular weight excluding hydrogens is 394 g/mol. The van der Waals surface area contributed by atoms with E-state index in [0.29, 0.717) is 0 Å². The maximum Gasteiger partial charge on any atom is 0.0766 e. The van der Waals surface area contributed by atoms with Gasteiger partial charge in [-0.3, -0.25) is 4.68 Å². The molecule has 1 aliphatic rings. The highest BCUT2D eigenvalue weighted by Crippen LogP contribution is 2.38. The number of hydrogen-bond acceptors (Lipinski definition) is 2. The molecule has 1 aromatic heterocycles. The van der Waals surface area contributed by atoms with Crippen LogP contribution in [-0.2, 0) is 25.3 Å². The molecule has 0 unspecified atom stereocenters. The Morgan fingerprint density at radius 3 is 2.52 bits per heavy atom. The van der Waals surface area contributed by atoms with Crippen molar-refractivity contribution in [2.45, 2.75) is 25.2 Å². The molecule has 1 N–H and O–H groups in total. The number of hydrogen-bond donors (Lipinski definition) is 1. The van der Waals surface area contributed by atoms with Crippen molar-refractivity contribution in [3.63, 3.8) is 0 Å². The minimum Gasteiger partial charge on any atom is -0.315 e.